The van der Waals surface area contributed by atoms with E-state index in [0.717, 1.165) is 16.8 Å². The van der Waals surface area contributed by atoms with Gasteiger partial charge in [-0.25, -0.2) is 0 Å². The second-order valence-electron chi connectivity index (χ2n) is 4.31. The highest BCUT2D eigenvalue weighted by Crippen LogP contribution is 2.28. The quantitative estimate of drug-likeness (QED) is 0.223. The molecule has 0 saturated carbocycles. The highest BCUT2D eigenvalue weighted by atomic mass is 32.1. The second kappa shape index (κ2) is 7.53. The van der Waals surface area contributed by atoms with Gasteiger partial charge in [-0.1, -0.05) is 13.8 Å². The van der Waals surface area contributed by atoms with Crippen LogP contribution in [0, 0.1) is 15.5 Å². The number of nitro benzene ring substituents is 1. The van der Waals surface area contributed by atoms with Crippen molar-refractivity contribution in [3.8, 4) is 0 Å². The summed E-state index contributed by atoms with van der Waals surface area (Å²) >= 11 is 4.93. The predicted molar refractivity (Wildman–Crippen MR) is 88.0 cm³/mol. The van der Waals surface area contributed by atoms with E-state index in [2.05, 4.69) is 16.0 Å². The molecule has 0 unspecified atom stereocenters. The Morgan fingerprint density at radius 2 is 1.86 bits per heavy atom. The van der Waals surface area contributed by atoms with Gasteiger partial charge in [0.2, 0.25) is 0 Å². The van der Waals surface area contributed by atoms with Gasteiger partial charge < -0.3 is 16.0 Å². The van der Waals surface area contributed by atoms with Gasteiger partial charge in [-0.2, -0.15) is 0 Å². The summed E-state index contributed by atoms with van der Waals surface area (Å²) in [5.74, 6) is 0.0209. The number of thiocarbonyl (C=S) groups is 1. The zero-order chi connectivity index (χ0) is 16.0. The summed E-state index contributed by atoms with van der Waals surface area (Å²) in [6, 6.07) is 3.07. The molecular weight excluding hydrogens is 290 g/mol. The van der Waals surface area contributed by atoms with E-state index in [1.54, 1.807) is 7.05 Å². The minimum absolute atomic E-state index is 0.0209. The summed E-state index contributed by atoms with van der Waals surface area (Å²) in [6.45, 7) is 3.83. The van der Waals surface area contributed by atoms with Crippen LogP contribution in [-0.4, -0.2) is 23.0 Å². The minimum atomic E-state index is -0.401. The number of nitrogens with zero attached hydrogens (tertiary/aromatic N) is 1. The molecule has 0 fully saturated rings. The lowest BCUT2D eigenvalue weighted by atomic mass is 10.0. The minimum Gasteiger partial charge on any atom is -0.365 e. The average molecular weight is 309 g/mol. The molecule has 1 aromatic carbocycles. The number of nitro groups is 1. The van der Waals surface area contributed by atoms with Gasteiger partial charge in [-0.05, 0) is 36.2 Å². The number of hydrogen-bond donors (Lipinski definition) is 4. The van der Waals surface area contributed by atoms with Crippen LogP contribution in [0.4, 0.5) is 11.4 Å². The van der Waals surface area contributed by atoms with Crippen LogP contribution in [0.5, 0.6) is 0 Å². The maximum absolute atomic E-state index is 11.0. The van der Waals surface area contributed by atoms with Crippen LogP contribution in [0.1, 0.15) is 25.0 Å². The lowest BCUT2D eigenvalue weighted by molar-refractivity contribution is -0.385. The number of aryl methyl sites for hydroxylation is 2. The maximum atomic E-state index is 11.0. The number of rotatable bonds is 4. The molecule has 4 N–H and O–H groups in total. The first-order valence-electron chi connectivity index (χ1n) is 6.57. The van der Waals surface area contributed by atoms with Crippen molar-refractivity contribution in [2.75, 3.05) is 12.4 Å². The fourth-order valence-electron chi connectivity index (χ4n) is 1.91. The second-order valence-corrected chi connectivity index (χ2v) is 4.72. The lowest BCUT2D eigenvalue weighted by Gasteiger charge is -2.17. The van der Waals surface area contributed by atoms with Crippen LogP contribution in [0.15, 0.2) is 12.1 Å². The predicted octanol–water partition coefficient (Wildman–Crippen LogP) is 2.16. The van der Waals surface area contributed by atoms with Gasteiger partial charge in [0.05, 0.1) is 4.92 Å². The molecule has 21 heavy (non-hydrogen) atoms. The Balaban J connectivity index is 3.13. The van der Waals surface area contributed by atoms with E-state index >= 15 is 0 Å². The Hall–Kier alpha value is -2.22. The Morgan fingerprint density at radius 1 is 1.33 bits per heavy atom. The highest BCUT2D eigenvalue weighted by molar-refractivity contribution is 7.80. The fourth-order valence-corrected chi connectivity index (χ4v) is 2.01. The van der Waals surface area contributed by atoms with Crippen LogP contribution in [0.25, 0.3) is 0 Å². The van der Waals surface area contributed by atoms with E-state index < -0.39 is 4.92 Å². The normalized spacial score (nSPS) is 9.86. The number of nitrogens with one attached hydrogen (secondary N) is 4. The van der Waals surface area contributed by atoms with Gasteiger partial charge in [-0.15, -0.1) is 0 Å². The van der Waals surface area contributed by atoms with Gasteiger partial charge in [-0.3, -0.25) is 15.5 Å². The third kappa shape index (κ3) is 4.38. The van der Waals surface area contributed by atoms with Crippen LogP contribution < -0.4 is 16.0 Å². The van der Waals surface area contributed by atoms with Crippen LogP contribution in [0.2, 0.25) is 0 Å². The summed E-state index contributed by atoms with van der Waals surface area (Å²) in [5.41, 5.74) is 2.38. The number of anilines is 1. The van der Waals surface area contributed by atoms with E-state index in [1.165, 1.54) is 12.1 Å². The van der Waals surface area contributed by atoms with E-state index in [4.69, 9.17) is 17.6 Å². The van der Waals surface area contributed by atoms with Gasteiger partial charge in [0, 0.05) is 24.9 Å². The standard InChI is InChI=1S/C13H19N5O2S/c1-4-8-6-10(18(19)20)7-9(5-2)11(8)16-12(14)17-13(21)15-3/h6-7H,4-5H2,1-3H3,(H4,14,15,16,17,21). The number of benzene rings is 1. The van der Waals surface area contributed by atoms with Crippen molar-refractivity contribution in [1.29, 1.82) is 5.41 Å². The zero-order valence-electron chi connectivity index (χ0n) is 12.2. The van der Waals surface area contributed by atoms with Crippen molar-refractivity contribution >= 4 is 34.7 Å². The monoisotopic (exact) mass is 309 g/mol. The lowest BCUT2D eigenvalue weighted by Crippen LogP contribution is -2.40. The van der Waals surface area contributed by atoms with Crippen LogP contribution >= 0.6 is 12.2 Å². The molecule has 0 spiro atoms. The molecule has 0 aliphatic heterocycles. The first-order chi connectivity index (χ1) is 9.92. The van der Waals surface area contributed by atoms with E-state index in [9.17, 15) is 10.1 Å². The fraction of sp³-hybridized carbons (Fsp3) is 0.385. The number of guanidine groups is 1. The van der Waals surface area contributed by atoms with Crippen molar-refractivity contribution in [2.24, 2.45) is 0 Å². The maximum Gasteiger partial charge on any atom is 0.270 e. The first kappa shape index (κ1) is 16.8. The summed E-state index contributed by atoms with van der Waals surface area (Å²) in [5, 5.41) is 27.5. The zero-order valence-corrected chi connectivity index (χ0v) is 13.1. The van der Waals surface area contributed by atoms with Crippen LogP contribution in [0.3, 0.4) is 0 Å². The summed E-state index contributed by atoms with van der Waals surface area (Å²) in [4.78, 5) is 10.6. The van der Waals surface area contributed by atoms with E-state index in [1.807, 2.05) is 13.8 Å². The molecule has 1 aromatic rings. The first-order valence-corrected chi connectivity index (χ1v) is 6.98. The van der Waals surface area contributed by atoms with Gasteiger partial charge >= 0.3 is 0 Å². The Labute approximate surface area is 128 Å². The molecule has 0 bridgehead atoms. The molecule has 0 aliphatic rings. The smallest absolute Gasteiger partial charge is 0.270 e. The van der Waals surface area contributed by atoms with Gasteiger partial charge in [0.25, 0.3) is 5.69 Å². The van der Waals surface area contributed by atoms with Crippen molar-refractivity contribution < 1.29 is 4.92 Å². The molecule has 0 aliphatic carbocycles. The molecule has 0 saturated heterocycles. The summed E-state index contributed by atoms with van der Waals surface area (Å²) < 4.78 is 0. The molecule has 1 rings (SSSR count). The van der Waals surface area contributed by atoms with Crippen molar-refractivity contribution in [3.63, 3.8) is 0 Å². The van der Waals surface area contributed by atoms with Crippen LogP contribution in [-0.2, 0) is 12.8 Å². The van der Waals surface area contributed by atoms with Crippen molar-refractivity contribution in [2.45, 2.75) is 26.7 Å². The Bertz CT molecular complexity index is 549. The third-order valence-corrected chi connectivity index (χ3v) is 3.28. The Kier molecular flexibility index (Phi) is 6.04. The molecule has 8 heteroatoms. The Morgan fingerprint density at radius 3 is 2.24 bits per heavy atom. The number of hydrogen-bond acceptors (Lipinski definition) is 4. The highest BCUT2D eigenvalue weighted by Gasteiger charge is 2.15. The van der Waals surface area contributed by atoms with Gasteiger partial charge in [0.15, 0.2) is 11.1 Å². The average Bonchev–Trinajstić information content (AvgIpc) is 2.46. The molecule has 0 radical (unpaired) electrons. The summed E-state index contributed by atoms with van der Waals surface area (Å²) in [6.07, 6.45) is 1.25. The van der Waals surface area contributed by atoms with E-state index in [-0.39, 0.29) is 11.6 Å². The van der Waals surface area contributed by atoms with E-state index in [0.29, 0.717) is 18.0 Å². The SMILES string of the molecule is CCc1cc([N+](=O)[O-])cc(CC)c1NC(=N)NC(=S)NC. The molecule has 114 valence electrons. The largest absolute Gasteiger partial charge is 0.365 e. The molecule has 7 nitrogen and oxygen atoms in total. The molecular formula is C13H19N5O2S. The summed E-state index contributed by atoms with van der Waals surface area (Å²) in [7, 11) is 1.66. The number of non-ortho nitro benzene ring substituents is 1. The molecule has 0 amide bonds. The van der Waals surface area contributed by atoms with Gasteiger partial charge in [0.1, 0.15) is 0 Å². The molecule has 0 aromatic heterocycles. The molecule has 0 atom stereocenters. The topological polar surface area (TPSA) is 103 Å². The van der Waals surface area contributed by atoms with Crippen molar-refractivity contribution in [3.05, 3.63) is 33.4 Å². The van der Waals surface area contributed by atoms with Crippen molar-refractivity contribution in [1.82, 2.24) is 10.6 Å². The molecule has 0 heterocycles. The third-order valence-electron chi connectivity index (χ3n) is 2.97.